The molecule has 1 saturated heterocycles. The Kier molecular flexibility index (Phi) is 7.73. The third-order valence-corrected chi connectivity index (χ3v) is 9.62. The van der Waals surface area contributed by atoms with Crippen LogP contribution in [0.25, 0.3) is 16.7 Å². The van der Waals surface area contributed by atoms with Crippen molar-refractivity contribution in [3.63, 3.8) is 0 Å². The molecule has 0 N–H and O–H groups in total. The minimum Gasteiger partial charge on any atom is -0.465 e. The van der Waals surface area contributed by atoms with Crippen molar-refractivity contribution in [1.82, 2.24) is 4.90 Å². The molecule has 6 rings (SSSR count). The lowest BCUT2D eigenvalue weighted by Crippen LogP contribution is -2.63. The van der Waals surface area contributed by atoms with Crippen molar-refractivity contribution >= 4 is 43.2 Å². The average molecular weight is 641 g/mol. The van der Waals surface area contributed by atoms with Gasteiger partial charge in [0.05, 0.1) is 35.7 Å². The molecular formula is C34H32N2O9Si. The van der Waals surface area contributed by atoms with E-state index in [4.69, 9.17) is 13.9 Å². The number of benzene rings is 3. The molecule has 3 atom stereocenters. The molecule has 11 nitrogen and oxygen atoms in total. The first-order valence-corrected chi connectivity index (χ1v) is 18.3. The predicted molar refractivity (Wildman–Crippen MR) is 169 cm³/mol. The summed E-state index contributed by atoms with van der Waals surface area (Å²) in [6, 6.07) is 15.6. The summed E-state index contributed by atoms with van der Waals surface area (Å²) in [5.74, 6) is -2.49. The highest BCUT2D eigenvalue weighted by atomic mass is 28.4. The van der Waals surface area contributed by atoms with Gasteiger partial charge < -0.3 is 18.8 Å². The number of nitro benzene ring substituents is 1. The molecule has 0 saturated carbocycles. The lowest BCUT2D eigenvalue weighted by Gasteiger charge is -2.47. The van der Waals surface area contributed by atoms with Gasteiger partial charge in [-0.15, -0.1) is 0 Å². The fourth-order valence-electron chi connectivity index (χ4n) is 6.66. The molecule has 1 fully saturated rings. The quantitative estimate of drug-likeness (QED) is 0.0760. The van der Waals surface area contributed by atoms with Crippen LogP contribution in [0.5, 0.6) is 0 Å². The zero-order valence-corrected chi connectivity index (χ0v) is 27.0. The summed E-state index contributed by atoms with van der Waals surface area (Å²) < 4.78 is 17.0. The minimum absolute atomic E-state index is 0.0572. The van der Waals surface area contributed by atoms with Crippen molar-refractivity contribution in [2.24, 2.45) is 5.92 Å². The Morgan fingerprint density at radius 1 is 1.00 bits per heavy atom. The largest absolute Gasteiger partial charge is 0.465 e. The van der Waals surface area contributed by atoms with E-state index in [9.17, 15) is 29.3 Å². The van der Waals surface area contributed by atoms with Crippen LogP contribution in [0.1, 0.15) is 50.8 Å². The summed E-state index contributed by atoms with van der Waals surface area (Å²) in [4.78, 5) is 65.9. The number of carbonyl (C=O) groups excluding carboxylic acids is 4. The smallest absolute Gasteiger partial charge is 0.355 e. The van der Waals surface area contributed by atoms with E-state index in [2.05, 4.69) is 0 Å². The molecule has 2 aliphatic heterocycles. The molecule has 1 amide bonds. The third kappa shape index (κ3) is 5.22. The minimum atomic E-state index is -2.00. The van der Waals surface area contributed by atoms with Gasteiger partial charge in [-0.2, -0.15) is 0 Å². The molecule has 3 aromatic rings. The predicted octanol–water partition coefficient (Wildman–Crippen LogP) is 5.52. The molecule has 12 heteroatoms. The van der Waals surface area contributed by atoms with E-state index in [0.717, 1.165) is 0 Å². The van der Waals surface area contributed by atoms with Crippen LogP contribution < -0.4 is 0 Å². The number of β-lactam (4-membered cyclic amide) rings is 1. The summed E-state index contributed by atoms with van der Waals surface area (Å²) in [7, 11) is -0.763. The number of hydrogen-bond donors (Lipinski definition) is 0. The molecule has 0 radical (unpaired) electrons. The van der Waals surface area contributed by atoms with E-state index in [-0.39, 0.29) is 53.0 Å². The number of rotatable bonds is 9. The molecule has 2 heterocycles. The third-order valence-electron chi connectivity index (χ3n) is 8.55. The highest BCUT2D eigenvalue weighted by molar-refractivity contribution is 6.69. The van der Waals surface area contributed by atoms with Gasteiger partial charge in [-0.05, 0) is 85.1 Å². The first-order chi connectivity index (χ1) is 21.8. The van der Waals surface area contributed by atoms with Gasteiger partial charge in [-0.25, -0.2) is 9.59 Å². The van der Waals surface area contributed by atoms with E-state index in [1.807, 2.05) is 26.6 Å². The highest BCUT2D eigenvalue weighted by Crippen LogP contribution is 2.50. The Hall–Kier alpha value is -4.94. The highest BCUT2D eigenvalue weighted by Gasteiger charge is 2.58. The zero-order chi connectivity index (χ0) is 33.1. The maximum atomic E-state index is 13.8. The van der Waals surface area contributed by atoms with Crippen LogP contribution in [0.4, 0.5) is 5.69 Å². The molecule has 0 aromatic heterocycles. The van der Waals surface area contributed by atoms with Crippen LogP contribution in [-0.2, 0) is 30.1 Å². The number of amides is 1. The fourth-order valence-corrected chi connectivity index (χ4v) is 7.92. The maximum Gasteiger partial charge on any atom is 0.355 e. The molecule has 0 unspecified atom stereocenters. The molecule has 236 valence electrons. The number of hydrogen-bond acceptors (Lipinski definition) is 9. The van der Waals surface area contributed by atoms with Crippen LogP contribution >= 0.6 is 0 Å². The van der Waals surface area contributed by atoms with Crippen LogP contribution in [0.15, 0.2) is 66.4 Å². The molecule has 0 spiro atoms. The Balaban J connectivity index is 1.43. The van der Waals surface area contributed by atoms with Gasteiger partial charge in [0.1, 0.15) is 12.3 Å². The Morgan fingerprint density at radius 2 is 1.67 bits per heavy atom. The number of nitrogens with zero attached hydrogens (tertiary/aromatic N) is 2. The number of fused-ring (bicyclic) bond motifs is 4. The number of ketones is 1. The van der Waals surface area contributed by atoms with Crippen LogP contribution in [0.2, 0.25) is 19.6 Å². The monoisotopic (exact) mass is 640 g/mol. The Morgan fingerprint density at radius 3 is 2.30 bits per heavy atom. The summed E-state index contributed by atoms with van der Waals surface area (Å²) in [6.45, 7) is 7.82. The fraction of sp³-hybridized carbons (Fsp3) is 0.294. The van der Waals surface area contributed by atoms with Crippen LogP contribution in [0.3, 0.4) is 0 Å². The normalized spacial score (nSPS) is 18.8. The van der Waals surface area contributed by atoms with Gasteiger partial charge >= 0.3 is 11.9 Å². The van der Waals surface area contributed by atoms with E-state index in [1.54, 1.807) is 36.4 Å². The topological polar surface area (TPSA) is 142 Å². The van der Waals surface area contributed by atoms with E-state index >= 15 is 0 Å². The first-order valence-electron chi connectivity index (χ1n) is 14.9. The second-order valence-electron chi connectivity index (χ2n) is 12.6. The first kappa shape index (κ1) is 31.1. The van der Waals surface area contributed by atoms with E-state index in [1.165, 1.54) is 36.3 Å². The average Bonchev–Trinajstić information content (AvgIpc) is 3.51. The molecule has 0 bridgehead atoms. The second-order valence-corrected chi connectivity index (χ2v) is 17.0. The van der Waals surface area contributed by atoms with Crippen molar-refractivity contribution in [1.29, 1.82) is 0 Å². The number of methoxy groups -OCH3 is 1. The lowest BCUT2D eigenvalue weighted by molar-refractivity contribution is -0.384. The van der Waals surface area contributed by atoms with Crippen molar-refractivity contribution in [3.8, 4) is 11.1 Å². The molecule has 46 heavy (non-hydrogen) atoms. The number of ether oxygens (including phenoxy) is 2. The number of non-ortho nitro benzene ring substituents is 1. The summed E-state index contributed by atoms with van der Waals surface area (Å²) >= 11 is 0. The van der Waals surface area contributed by atoms with Crippen LogP contribution in [0, 0.1) is 16.0 Å². The van der Waals surface area contributed by atoms with Crippen LogP contribution in [-0.4, -0.2) is 61.0 Å². The van der Waals surface area contributed by atoms with Gasteiger partial charge in [-0.1, -0.05) is 24.3 Å². The SMILES string of the molecule is COC(=O)c1cc(C2=C(C(=O)OCc3ccc([N+](=O)[O-])cc3)N3C(=O)[C@H]([C@@H](C)O[Si](C)(C)C)[C@H]3C2)cc2c1C(=O)c1ccccc1-2. The van der Waals surface area contributed by atoms with Gasteiger partial charge in [0.25, 0.3) is 5.69 Å². The molecule has 3 aromatic carbocycles. The van der Waals surface area contributed by atoms with Gasteiger partial charge in [0.2, 0.25) is 5.91 Å². The zero-order valence-electron chi connectivity index (χ0n) is 26.0. The van der Waals surface area contributed by atoms with E-state index < -0.39 is 31.1 Å². The van der Waals surface area contributed by atoms with Crippen molar-refractivity contribution < 1.29 is 38.0 Å². The van der Waals surface area contributed by atoms with Crippen molar-refractivity contribution in [3.05, 3.63) is 104 Å². The summed E-state index contributed by atoms with van der Waals surface area (Å²) in [6.07, 6.45) is -0.0838. The summed E-state index contributed by atoms with van der Waals surface area (Å²) in [5, 5.41) is 11.0. The number of nitro groups is 1. The standard InChI is InChI=1S/C34H32N2O9Si/c1-18(45-46(3,4)5)28-27-16-24(30(35(27)32(28)38)34(40)44-17-19-10-12-21(13-11-19)36(41)42)20-14-25-22-8-6-7-9-23(22)31(37)29(25)26(15-20)33(39)43-2/h6-15,18,27-28H,16-17H2,1-5H3/t18-,27-,28-/m1/s1. The lowest BCUT2D eigenvalue weighted by atomic mass is 9.82. The van der Waals surface area contributed by atoms with Crippen molar-refractivity contribution in [2.75, 3.05) is 7.11 Å². The van der Waals surface area contributed by atoms with Crippen molar-refractivity contribution in [2.45, 2.75) is 51.7 Å². The van der Waals surface area contributed by atoms with E-state index in [0.29, 0.717) is 39.8 Å². The molecule has 3 aliphatic rings. The Labute approximate surface area is 266 Å². The van der Waals surface area contributed by atoms with Gasteiger partial charge in [-0.3, -0.25) is 19.7 Å². The molecular weight excluding hydrogens is 608 g/mol. The van der Waals surface area contributed by atoms with Gasteiger partial charge in [0.15, 0.2) is 14.1 Å². The molecule has 1 aliphatic carbocycles. The maximum absolute atomic E-state index is 13.8. The van der Waals surface area contributed by atoms with Gasteiger partial charge in [0, 0.05) is 23.3 Å². The second kappa shape index (κ2) is 11.4. The number of esters is 2. The summed E-state index contributed by atoms with van der Waals surface area (Å²) in [5.41, 5.74) is 3.43. The Bertz CT molecular complexity index is 1860. The number of carbonyl (C=O) groups is 4.